The molecule has 5 heterocycles. The van der Waals surface area contributed by atoms with E-state index in [0.29, 0.717) is 19.0 Å². The first-order chi connectivity index (χ1) is 19.6. The zero-order valence-corrected chi connectivity index (χ0v) is 20.9. The summed E-state index contributed by atoms with van der Waals surface area (Å²) in [6.45, 7) is 0. The van der Waals surface area contributed by atoms with Crippen molar-refractivity contribution in [3.05, 3.63) is 53.4 Å². The van der Waals surface area contributed by atoms with Gasteiger partial charge in [0.05, 0.1) is 28.7 Å². The molecule has 220 valence electrons. The quantitative estimate of drug-likeness (QED) is 0.312. The molecule has 1 aliphatic carbocycles. The third kappa shape index (κ3) is 4.27. The molecule has 3 N–H and O–H groups in total. The summed E-state index contributed by atoms with van der Waals surface area (Å²) in [5.74, 6) is -6.49. The van der Waals surface area contributed by atoms with Crippen molar-refractivity contribution >= 4 is 23.2 Å². The third-order valence-electron chi connectivity index (χ3n) is 7.26. The second-order valence-corrected chi connectivity index (χ2v) is 9.93. The lowest BCUT2D eigenvalue weighted by atomic mass is 9.74. The molecule has 4 aromatic rings. The molecule has 1 atom stereocenters. The average Bonchev–Trinajstić information content (AvgIpc) is 3.55. The Morgan fingerprint density at radius 1 is 1.02 bits per heavy atom. The van der Waals surface area contributed by atoms with Gasteiger partial charge in [-0.15, -0.1) is 0 Å². The molecule has 1 saturated carbocycles. The van der Waals surface area contributed by atoms with Crippen LogP contribution >= 0.6 is 0 Å². The van der Waals surface area contributed by atoms with Crippen molar-refractivity contribution < 1.29 is 39.9 Å². The molecule has 18 heteroatoms. The number of nitrogens with one attached hydrogen (secondary N) is 1. The second-order valence-electron chi connectivity index (χ2n) is 9.93. The molecule has 1 unspecified atom stereocenters. The van der Waals surface area contributed by atoms with E-state index in [1.54, 1.807) is 0 Å². The zero-order chi connectivity index (χ0) is 30.2. The van der Waals surface area contributed by atoms with Crippen LogP contribution in [0, 0.1) is 5.92 Å². The van der Waals surface area contributed by atoms with Crippen molar-refractivity contribution in [2.75, 3.05) is 11.1 Å². The van der Waals surface area contributed by atoms with Crippen LogP contribution < -0.4 is 11.1 Å². The Labute approximate surface area is 229 Å². The van der Waals surface area contributed by atoms with Crippen LogP contribution in [0.5, 0.6) is 0 Å². The summed E-state index contributed by atoms with van der Waals surface area (Å²) in [6.07, 6.45) is -8.84. The van der Waals surface area contributed by atoms with Gasteiger partial charge in [0.25, 0.3) is 0 Å². The molecule has 0 spiro atoms. The minimum atomic E-state index is -5.76. The smallest absolute Gasteiger partial charge is 0.383 e. The number of aryl methyl sites for hydroxylation is 1. The lowest BCUT2D eigenvalue weighted by Gasteiger charge is -2.27. The van der Waals surface area contributed by atoms with E-state index >= 15 is 0 Å². The van der Waals surface area contributed by atoms with E-state index in [4.69, 9.17) is 5.73 Å². The van der Waals surface area contributed by atoms with E-state index < -0.39 is 48.0 Å². The summed E-state index contributed by atoms with van der Waals surface area (Å²) >= 11 is 0. The first kappa shape index (κ1) is 27.6. The van der Waals surface area contributed by atoms with E-state index in [0.717, 1.165) is 23.0 Å². The number of nitrogen functional groups attached to an aromatic ring is 1. The Balaban J connectivity index is 1.42. The number of alkyl halides is 8. The van der Waals surface area contributed by atoms with E-state index in [9.17, 15) is 39.9 Å². The fraction of sp³-hybridized carbons (Fsp3) is 0.375. The lowest BCUT2D eigenvalue weighted by Crippen LogP contribution is -2.39. The largest absolute Gasteiger partial charge is 0.453 e. The Bertz CT molecular complexity index is 1710. The molecule has 4 aromatic heterocycles. The van der Waals surface area contributed by atoms with Gasteiger partial charge in [0.1, 0.15) is 29.1 Å². The van der Waals surface area contributed by atoms with Gasteiger partial charge >= 0.3 is 18.3 Å². The number of fused-ring (bicyclic) bond motifs is 2. The van der Waals surface area contributed by atoms with Crippen LogP contribution in [0.2, 0.25) is 0 Å². The molecule has 0 saturated heterocycles. The molecular weight excluding hydrogens is 582 g/mol. The maximum Gasteiger partial charge on any atom is 0.453 e. The lowest BCUT2D eigenvalue weighted by molar-refractivity contribution is -0.284. The van der Waals surface area contributed by atoms with Crippen LogP contribution in [-0.2, 0) is 22.8 Å². The number of amides is 1. The number of aromatic nitrogens is 7. The average molecular weight is 599 g/mol. The molecule has 42 heavy (non-hydrogen) atoms. The second kappa shape index (κ2) is 8.99. The zero-order valence-electron chi connectivity index (χ0n) is 20.9. The van der Waals surface area contributed by atoms with Crippen molar-refractivity contribution in [1.82, 2.24) is 34.5 Å². The molecule has 1 fully saturated rings. The monoisotopic (exact) mass is 599 g/mol. The number of carbonyl (C=O) groups excluding carboxylic acids is 1. The van der Waals surface area contributed by atoms with Crippen molar-refractivity contribution in [3.8, 4) is 11.5 Å². The van der Waals surface area contributed by atoms with Crippen LogP contribution in [0.25, 0.3) is 17.2 Å². The molecule has 0 radical (unpaired) electrons. The van der Waals surface area contributed by atoms with Gasteiger partial charge in [-0.3, -0.25) is 9.78 Å². The van der Waals surface area contributed by atoms with Crippen LogP contribution in [0.3, 0.4) is 0 Å². The summed E-state index contributed by atoms with van der Waals surface area (Å²) < 4.78 is 106. The van der Waals surface area contributed by atoms with Crippen molar-refractivity contribution in [3.63, 3.8) is 0 Å². The molecule has 1 amide bonds. The van der Waals surface area contributed by atoms with Gasteiger partial charge in [-0.2, -0.15) is 40.2 Å². The topological polar surface area (TPSA) is 137 Å². The highest BCUT2D eigenvalue weighted by Crippen LogP contribution is 2.57. The standard InChI is InChI=1S/C24H17F8N9O/c25-21(26,24(30,31)32)6-5-12-19-35-9-36-41(19)8-13(37-12)17-38-16(33)15-18(39-17)40-20(42)22(15,10-1-2-10)14-4-3-11(7-34-14)23(27,28)29/h3-4,7-10H,1-2,5-6H2,(H3,33,38,39,40,42). The van der Waals surface area contributed by atoms with Gasteiger partial charge in [-0.1, -0.05) is 0 Å². The van der Waals surface area contributed by atoms with Gasteiger partial charge in [-0.05, 0) is 37.3 Å². The Hall–Kier alpha value is -4.51. The number of nitrogens with zero attached hydrogens (tertiary/aromatic N) is 7. The molecule has 0 aromatic carbocycles. The highest BCUT2D eigenvalue weighted by atomic mass is 19.4. The van der Waals surface area contributed by atoms with Gasteiger partial charge < -0.3 is 11.1 Å². The summed E-state index contributed by atoms with van der Waals surface area (Å²) in [6, 6.07) is 1.91. The first-order valence-corrected chi connectivity index (χ1v) is 12.3. The summed E-state index contributed by atoms with van der Waals surface area (Å²) in [4.78, 5) is 34.0. The summed E-state index contributed by atoms with van der Waals surface area (Å²) in [5, 5.41) is 6.49. The summed E-state index contributed by atoms with van der Waals surface area (Å²) in [7, 11) is 0. The fourth-order valence-corrected chi connectivity index (χ4v) is 5.13. The Kier molecular flexibility index (Phi) is 5.92. The number of pyridine rings is 1. The SMILES string of the molecule is Nc1nc(-c2cn3ncnc3c(CCC(F)(F)C(F)(F)F)n2)nc2c1C(c1ccc(C(F)(F)F)cn1)(C1CC1)C(=O)N2. The third-order valence-corrected chi connectivity index (χ3v) is 7.26. The maximum absolute atomic E-state index is 13.6. The first-order valence-electron chi connectivity index (χ1n) is 12.3. The minimum Gasteiger partial charge on any atom is -0.383 e. The van der Waals surface area contributed by atoms with Crippen molar-refractivity contribution in [1.29, 1.82) is 0 Å². The highest BCUT2D eigenvalue weighted by molar-refractivity contribution is 6.09. The van der Waals surface area contributed by atoms with Crippen LogP contribution in [-0.4, -0.2) is 52.5 Å². The molecule has 10 nitrogen and oxygen atoms in total. The van der Waals surface area contributed by atoms with Gasteiger partial charge in [-0.25, -0.2) is 24.5 Å². The number of anilines is 2. The summed E-state index contributed by atoms with van der Waals surface area (Å²) in [5.41, 5.74) is 3.42. The van der Waals surface area contributed by atoms with Crippen LogP contribution in [0.4, 0.5) is 46.8 Å². The molecular formula is C24H17F8N9O. The number of hydrogen-bond donors (Lipinski definition) is 2. The van der Waals surface area contributed by atoms with E-state index in [-0.39, 0.29) is 51.7 Å². The number of nitrogens with two attached hydrogens (primary N) is 1. The van der Waals surface area contributed by atoms with Gasteiger partial charge in [0.15, 0.2) is 11.5 Å². The minimum absolute atomic E-state index is 0.0207. The van der Waals surface area contributed by atoms with Crippen molar-refractivity contribution in [2.24, 2.45) is 5.92 Å². The van der Waals surface area contributed by atoms with Gasteiger partial charge in [0.2, 0.25) is 5.91 Å². The van der Waals surface area contributed by atoms with Gasteiger partial charge in [0, 0.05) is 12.6 Å². The van der Waals surface area contributed by atoms with E-state index in [1.165, 1.54) is 6.20 Å². The Morgan fingerprint density at radius 2 is 1.76 bits per heavy atom. The number of halogens is 8. The highest BCUT2D eigenvalue weighted by Gasteiger charge is 2.61. The van der Waals surface area contributed by atoms with E-state index in [2.05, 4.69) is 35.3 Å². The molecule has 6 rings (SSSR count). The van der Waals surface area contributed by atoms with E-state index in [1.807, 2.05) is 0 Å². The predicted molar refractivity (Wildman–Crippen MR) is 127 cm³/mol. The predicted octanol–water partition coefficient (Wildman–Crippen LogP) is 4.36. The van der Waals surface area contributed by atoms with Crippen LogP contribution in [0.1, 0.15) is 41.8 Å². The van der Waals surface area contributed by atoms with Crippen molar-refractivity contribution in [2.45, 2.75) is 49.4 Å². The number of carbonyl (C=O) groups is 1. The number of hydrogen-bond acceptors (Lipinski definition) is 8. The molecule has 2 aliphatic rings. The normalized spacial score (nSPS) is 19.3. The fourth-order valence-electron chi connectivity index (χ4n) is 5.13. The molecule has 0 bridgehead atoms. The Morgan fingerprint density at radius 3 is 2.38 bits per heavy atom. The number of rotatable bonds is 6. The molecule has 1 aliphatic heterocycles. The van der Waals surface area contributed by atoms with Crippen LogP contribution in [0.15, 0.2) is 30.9 Å². The maximum atomic E-state index is 13.6.